The maximum Gasteiger partial charge on any atom is 0.334 e. The number of cyclic esters (lactones) is 1. The van der Waals surface area contributed by atoms with Gasteiger partial charge in [-0.25, -0.2) is 4.79 Å². The first-order chi connectivity index (χ1) is 23.8. The Morgan fingerprint density at radius 2 is 1.82 bits per heavy atom. The van der Waals surface area contributed by atoms with Crippen molar-refractivity contribution in [2.24, 2.45) is 22.7 Å². The molecule has 2 heterocycles. The number of fused-ring (bicyclic) bond motifs is 5. The summed E-state index contributed by atoms with van der Waals surface area (Å²) in [6.07, 6.45) is -3.67. The molecule has 3 fully saturated rings. The Kier molecular flexibility index (Phi) is 9.81. The lowest BCUT2D eigenvalue weighted by atomic mass is 9.43. The van der Waals surface area contributed by atoms with Crippen LogP contribution in [0.25, 0.3) is 0 Å². The molecule has 14 nitrogen and oxygen atoms in total. The summed E-state index contributed by atoms with van der Waals surface area (Å²) >= 11 is 0. The summed E-state index contributed by atoms with van der Waals surface area (Å²) in [4.78, 5) is 39.4. The lowest BCUT2D eigenvalue weighted by Gasteiger charge is -2.64. The summed E-state index contributed by atoms with van der Waals surface area (Å²) < 4.78 is 22.8. The number of hydrogen-bond acceptors (Lipinski definition) is 14. The Morgan fingerprint density at radius 1 is 1.12 bits per heavy atom. The number of ketones is 1. The molecule has 14 atom stereocenters. The molecule has 0 bridgehead atoms. The van der Waals surface area contributed by atoms with E-state index in [1.165, 1.54) is 20.8 Å². The summed E-state index contributed by atoms with van der Waals surface area (Å²) in [5, 5.41) is 79.2. The van der Waals surface area contributed by atoms with Crippen LogP contribution in [-0.2, 0) is 33.3 Å². The van der Waals surface area contributed by atoms with Crippen molar-refractivity contribution in [2.45, 2.75) is 139 Å². The van der Waals surface area contributed by atoms with Crippen LogP contribution in [0.3, 0.4) is 0 Å². The van der Waals surface area contributed by atoms with Crippen LogP contribution in [0.1, 0.15) is 79.6 Å². The Morgan fingerprint density at radius 3 is 2.47 bits per heavy atom. The minimum absolute atomic E-state index is 0.0682. The van der Waals surface area contributed by atoms with Crippen molar-refractivity contribution in [1.29, 1.82) is 0 Å². The molecule has 0 aromatic heterocycles. The van der Waals surface area contributed by atoms with E-state index in [1.807, 2.05) is 19.1 Å². The summed E-state index contributed by atoms with van der Waals surface area (Å²) in [5.74, 6) is -2.52. The fraction of sp³-hybridized carbons (Fsp3) is 0.757. The topological polar surface area (TPSA) is 230 Å². The molecule has 0 radical (unpaired) electrons. The SMILES string of the molecule is CC[C@]12CC[C@H]3[C@@H](CC=C4CC=CC(=O)[C@@]43C)[C@]1(O)[C@@H](OC(C)=O)C[C@@]2(O)[C@@](C)(O)[C@H]1CC(COC2OC(CO)C(O)C(O)C2O)=C(C)C(=O)O1. The molecule has 0 aromatic rings. The molecule has 0 spiro atoms. The molecule has 4 aliphatic carbocycles. The van der Waals surface area contributed by atoms with Gasteiger partial charge in [-0.2, -0.15) is 0 Å². The molecule has 5 unspecified atom stereocenters. The van der Waals surface area contributed by atoms with E-state index in [-0.39, 0.29) is 49.6 Å². The normalized spacial score (nSPS) is 46.4. The molecule has 0 amide bonds. The molecular formula is C37H52O14. The second-order valence-corrected chi connectivity index (χ2v) is 15.8. The molecular weight excluding hydrogens is 668 g/mol. The van der Waals surface area contributed by atoms with Crippen LogP contribution >= 0.6 is 0 Å². The smallest absolute Gasteiger partial charge is 0.334 e. The van der Waals surface area contributed by atoms with Gasteiger partial charge in [-0.05, 0) is 76.4 Å². The number of esters is 2. The van der Waals surface area contributed by atoms with Crippen LogP contribution in [0, 0.1) is 22.7 Å². The third-order valence-electron chi connectivity index (χ3n) is 13.8. The van der Waals surface area contributed by atoms with Crippen LogP contribution in [0.15, 0.2) is 34.9 Å². The molecule has 2 aliphatic heterocycles. The van der Waals surface area contributed by atoms with E-state index in [4.69, 9.17) is 18.9 Å². The Bertz CT molecular complexity index is 1530. The lowest BCUT2D eigenvalue weighted by Crippen LogP contribution is -2.73. The third kappa shape index (κ3) is 5.27. The molecule has 284 valence electrons. The summed E-state index contributed by atoms with van der Waals surface area (Å²) in [5.41, 5.74) is -7.23. The summed E-state index contributed by atoms with van der Waals surface area (Å²) in [7, 11) is 0. The molecule has 6 rings (SSSR count). The Hall–Kier alpha value is -2.53. The van der Waals surface area contributed by atoms with Gasteiger partial charge in [-0.15, -0.1) is 0 Å². The zero-order chi connectivity index (χ0) is 37.5. The van der Waals surface area contributed by atoms with Crippen molar-refractivity contribution in [3.63, 3.8) is 0 Å². The molecule has 2 saturated carbocycles. The highest BCUT2D eigenvalue weighted by Crippen LogP contribution is 2.72. The first-order valence-electron chi connectivity index (χ1n) is 17.9. The number of aliphatic hydroxyl groups is 7. The average Bonchev–Trinajstić information content (AvgIpc) is 3.29. The molecule has 51 heavy (non-hydrogen) atoms. The van der Waals surface area contributed by atoms with E-state index in [0.717, 1.165) is 5.57 Å². The fourth-order valence-corrected chi connectivity index (χ4v) is 10.7. The van der Waals surface area contributed by atoms with Crippen LogP contribution < -0.4 is 0 Å². The van der Waals surface area contributed by atoms with Crippen LogP contribution in [0.4, 0.5) is 0 Å². The number of rotatable bonds is 8. The van der Waals surface area contributed by atoms with Crippen LogP contribution in [0.5, 0.6) is 0 Å². The van der Waals surface area contributed by atoms with Crippen molar-refractivity contribution >= 4 is 17.7 Å². The minimum atomic E-state index is -2.24. The van der Waals surface area contributed by atoms with Crippen molar-refractivity contribution in [2.75, 3.05) is 13.2 Å². The van der Waals surface area contributed by atoms with Gasteiger partial charge in [0.15, 0.2) is 12.1 Å². The number of aliphatic hydroxyl groups excluding tert-OH is 4. The third-order valence-corrected chi connectivity index (χ3v) is 13.8. The number of allylic oxidation sites excluding steroid dienone is 4. The molecule has 0 aromatic carbocycles. The number of ether oxygens (including phenoxy) is 4. The van der Waals surface area contributed by atoms with Crippen molar-refractivity contribution in [3.05, 3.63) is 34.9 Å². The van der Waals surface area contributed by atoms with Crippen LogP contribution in [-0.4, -0.2) is 126 Å². The monoisotopic (exact) mass is 720 g/mol. The van der Waals surface area contributed by atoms with E-state index in [2.05, 4.69) is 0 Å². The predicted molar refractivity (Wildman–Crippen MR) is 176 cm³/mol. The zero-order valence-corrected chi connectivity index (χ0v) is 29.8. The highest BCUT2D eigenvalue weighted by Gasteiger charge is 2.81. The average molecular weight is 721 g/mol. The van der Waals surface area contributed by atoms with Gasteiger partial charge in [0.05, 0.1) is 18.6 Å². The molecule has 6 aliphatic rings. The fourth-order valence-electron chi connectivity index (χ4n) is 10.7. The van der Waals surface area contributed by atoms with E-state index in [9.17, 15) is 50.1 Å². The Labute approximate surface area is 296 Å². The van der Waals surface area contributed by atoms with Gasteiger partial charge in [0.25, 0.3) is 0 Å². The van der Waals surface area contributed by atoms with Crippen molar-refractivity contribution in [3.8, 4) is 0 Å². The molecule has 1 saturated heterocycles. The molecule has 14 heteroatoms. The second kappa shape index (κ2) is 13.1. The predicted octanol–water partition coefficient (Wildman–Crippen LogP) is 0.272. The van der Waals surface area contributed by atoms with Crippen molar-refractivity contribution < 1.29 is 69.1 Å². The highest BCUT2D eigenvalue weighted by atomic mass is 16.7. The Balaban J connectivity index is 1.33. The second-order valence-electron chi connectivity index (χ2n) is 15.8. The summed E-state index contributed by atoms with van der Waals surface area (Å²) in [6.45, 7) is 6.73. The van der Waals surface area contributed by atoms with E-state index >= 15 is 0 Å². The highest BCUT2D eigenvalue weighted by molar-refractivity contribution is 5.98. The van der Waals surface area contributed by atoms with E-state index in [0.29, 0.717) is 24.8 Å². The van der Waals surface area contributed by atoms with E-state index < -0.39 is 95.0 Å². The summed E-state index contributed by atoms with van der Waals surface area (Å²) in [6, 6.07) is 0. The van der Waals surface area contributed by atoms with E-state index in [1.54, 1.807) is 13.0 Å². The van der Waals surface area contributed by atoms with Gasteiger partial charge in [-0.1, -0.05) is 24.6 Å². The standard InChI is InChI=1S/C37H52O14/c1-6-35-13-12-22-23(11-10-21-8-7-9-25(40)33(21,22)4)37(35,47)27(49-19(3)39)15-36(35,46)34(5,45)26-14-20(18(2)31(44)51-26)17-48-32-30(43)29(42)28(41)24(16-38)50-32/h7,9-10,22-24,26-30,32,38,41-43,45-47H,6,8,11-17H2,1-5H3/t22-,23+,24?,26+,27-,28?,29?,30?,32?,33-,34-,35+,36+,37-/m0/s1. The minimum Gasteiger partial charge on any atom is -0.459 e. The van der Waals surface area contributed by atoms with Gasteiger partial charge < -0.3 is 54.7 Å². The van der Waals surface area contributed by atoms with Gasteiger partial charge >= 0.3 is 11.9 Å². The van der Waals surface area contributed by atoms with Gasteiger partial charge in [0, 0.05) is 30.8 Å². The first kappa shape index (κ1) is 38.2. The van der Waals surface area contributed by atoms with Crippen molar-refractivity contribution in [1.82, 2.24) is 0 Å². The largest absolute Gasteiger partial charge is 0.459 e. The maximum absolute atomic E-state index is 13.5. The lowest BCUT2D eigenvalue weighted by molar-refractivity contribution is -0.300. The van der Waals surface area contributed by atoms with Gasteiger partial charge in [0.2, 0.25) is 0 Å². The van der Waals surface area contributed by atoms with Crippen LogP contribution in [0.2, 0.25) is 0 Å². The number of carbonyl (C=O) groups is 3. The zero-order valence-electron chi connectivity index (χ0n) is 29.8. The quantitative estimate of drug-likeness (QED) is 0.132. The molecule has 7 N–H and O–H groups in total. The van der Waals surface area contributed by atoms with Gasteiger partial charge in [0.1, 0.15) is 53.4 Å². The maximum atomic E-state index is 13.5. The first-order valence-corrected chi connectivity index (χ1v) is 17.9. The van der Waals surface area contributed by atoms with Gasteiger partial charge in [-0.3, -0.25) is 9.59 Å². The number of carbonyl (C=O) groups excluding carboxylic acids is 3. The number of hydrogen-bond donors (Lipinski definition) is 7.